The van der Waals surface area contributed by atoms with E-state index in [4.69, 9.17) is 4.74 Å². The van der Waals surface area contributed by atoms with Gasteiger partial charge in [0.25, 0.3) is 5.56 Å². The summed E-state index contributed by atoms with van der Waals surface area (Å²) in [5.41, 5.74) is 0.724. The normalized spacial score (nSPS) is 11.4. The van der Waals surface area contributed by atoms with Crippen LogP contribution in [0.25, 0.3) is 22.6 Å². The maximum Gasteiger partial charge on any atom is 0.330 e. The quantitative estimate of drug-likeness (QED) is 0.736. The molecule has 0 unspecified atom stereocenters. The molecule has 1 N–H and O–H groups in total. The van der Waals surface area contributed by atoms with Crippen molar-refractivity contribution in [3.63, 3.8) is 0 Å². The second kappa shape index (κ2) is 7.19. The van der Waals surface area contributed by atoms with E-state index >= 15 is 0 Å². The fraction of sp³-hybridized carbons (Fsp3) is 0.421. The minimum Gasteiger partial charge on any atom is -0.490 e. The van der Waals surface area contributed by atoms with E-state index in [2.05, 4.69) is 16.9 Å². The number of aromatic nitrogens is 4. The molecule has 7 heteroatoms. The van der Waals surface area contributed by atoms with Crippen LogP contribution in [0, 0.1) is 0 Å². The maximum absolute atomic E-state index is 12.4. The highest BCUT2D eigenvalue weighted by atomic mass is 16.5. The number of aryl methyl sites for hydroxylation is 2. The predicted octanol–water partition coefficient (Wildman–Crippen LogP) is 2.68. The van der Waals surface area contributed by atoms with E-state index in [1.165, 1.54) is 4.57 Å². The zero-order valence-electron chi connectivity index (χ0n) is 15.6. The second-order valence-corrected chi connectivity index (χ2v) is 6.59. The number of hydrogen-bond acceptors (Lipinski definition) is 4. The van der Waals surface area contributed by atoms with Gasteiger partial charge in [0, 0.05) is 13.6 Å². The number of unbranched alkanes of at least 4 members (excludes halogenated alkanes) is 1. The molecule has 1 aromatic carbocycles. The number of imidazole rings is 1. The van der Waals surface area contributed by atoms with Crippen molar-refractivity contribution in [2.45, 2.75) is 46.3 Å². The van der Waals surface area contributed by atoms with E-state index in [0.717, 1.165) is 18.4 Å². The number of fused-ring (bicyclic) bond motifs is 1. The highest BCUT2D eigenvalue weighted by molar-refractivity contribution is 5.78. The van der Waals surface area contributed by atoms with Gasteiger partial charge in [-0.25, -0.2) is 9.78 Å². The van der Waals surface area contributed by atoms with Crippen LogP contribution >= 0.6 is 0 Å². The Morgan fingerprint density at radius 2 is 1.96 bits per heavy atom. The smallest absolute Gasteiger partial charge is 0.330 e. The van der Waals surface area contributed by atoms with E-state index in [-0.39, 0.29) is 6.10 Å². The summed E-state index contributed by atoms with van der Waals surface area (Å²) < 4.78 is 9.15. The monoisotopic (exact) mass is 356 g/mol. The number of para-hydroxylation sites is 1. The Balaban J connectivity index is 2.27. The summed E-state index contributed by atoms with van der Waals surface area (Å²) in [6.45, 7) is 6.48. The summed E-state index contributed by atoms with van der Waals surface area (Å²) in [7, 11) is 1.78. The lowest BCUT2D eigenvalue weighted by molar-refractivity contribution is 0.243. The SMILES string of the molecule is CCCCn1c(=O)[nH]c(=O)c2c1nc(-c1ccccc1OC(C)C)n2C. The molecule has 0 atom stereocenters. The Morgan fingerprint density at radius 3 is 2.65 bits per heavy atom. The zero-order chi connectivity index (χ0) is 18.8. The first-order valence-corrected chi connectivity index (χ1v) is 8.89. The van der Waals surface area contributed by atoms with Crippen LogP contribution in [-0.4, -0.2) is 25.2 Å². The third kappa shape index (κ3) is 3.16. The van der Waals surface area contributed by atoms with Crippen molar-refractivity contribution >= 4 is 11.2 Å². The van der Waals surface area contributed by atoms with Gasteiger partial charge in [0.1, 0.15) is 11.6 Å². The number of rotatable bonds is 6. The van der Waals surface area contributed by atoms with Gasteiger partial charge in [-0.2, -0.15) is 0 Å². The summed E-state index contributed by atoms with van der Waals surface area (Å²) >= 11 is 0. The molecule has 0 spiro atoms. The largest absolute Gasteiger partial charge is 0.490 e. The molecule has 0 aliphatic heterocycles. The molecule has 0 saturated heterocycles. The summed E-state index contributed by atoms with van der Waals surface area (Å²) in [6, 6.07) is 7.58. The summed E-state index contributed by atoms with van der Waals surface area (Å²) in [5.74, 6) is 1.29. The molecular formula is C19H24N4O3. The molecule has 26 heavy (non-hydrogen) atoms. The molecule has 0 fully saturated rings. The molecular weight excluding hydrogens is 332 g/mol. The average molecular weight is 356 g/mol. The second-order valence-electron chi connectivity index (χ2n) is 6.59. The van der Waals surface area contributed by atoms with Gasteiger partial charge in [0.2, 0.25) is 0 Å². The third-order valence-electron chi connectivity index (χ3n) is 4.24. The van der Waals surface area contributed by atoms with Crippen LogP contribution in [0.5, 0.6) is 5.75 Å². The van der Waals surface area contributed by atoms with Crippen LogP contribution in [0.1, 0.15) is 33.6 Å². The first-order chi connectivity index (χ1) is 12.4. The fourth-order valence-corrected chi connectivity index (χ4v) is 3.02. The van der Waals surface area contributed by atoms with Gasteiger partial charge in [-0.05, 0) is 32.4 Å². The van der Waals surface area contributed by atoms with Gasteiger partial charge in [0.15, 0.2) is 11.2 Å². The molecule has 2 heterocycles. The molecule has 2 aromatic heterocycles. The molecule has 0 amide bonds. The van der Waals surface area contributed by atoms with Gasteiger partial charge in [0.05, 0.1) is 11.7 Å². The Hall–Kier alpha value is -2.83. The van der Waals surface area contributed by atoms with Gasteiger partial charge < -0.3 is 9.30 Å². The van der Waals surface area contributed by atoms with Gasteiger partial charge in [-0.15, -0.1) is 0 Å². The van der Waals surface area contributed by atoms with Crippen molar-refractivity contribution in [2.75, 3.05) is 0 Å². The Morgan fingerprint density at radius 1 is 1.23 bits per heavy atom. The van der Waals surface area contributed by atoms with Crippen LogP contribution < -0.4 is 16.0 Å². The first-order valence-electron chi connectivity index (χ1n) is 8.89. The lowest BCUT2D eigenvalue weighted by Crippen LogP contribution is -2.31. The number of nitrogens with one attached hydrogen (secondary N) is 1. The molecule has 3 aromatic rings. The topological polar surface area (TPSA) is 81.9 Å². The lowest BCUT2D eigenvalue weighted by atomic mass is 10.2. The molecule has 0 aliphatic carbocycles. The van der Waals surface area contributed by atoms with Crippen LogP contribution in [0.4, 0.5) is 0 Å². The number of H-pyrrole nitrogens is 1. The minimum atomic E-state index is -0.429. The average Bonchev–Trinajstić information content (AvgIpc) is 2.92. The van der Waals surface area contributed by atoms with E-state index in [0.29, 0.717) is 29.3 Å². The number of benzene rings is 1. The van der Waals surface area contributed by atoms with Crippen molar-refractivity contribution in [3.05, 3.63) is 45.1 Å². The summed E-state index contributed by atoms with van der Waals surface area (Å²) in [5, 5.41) is 0. The third-order valence-corrected chi connectivity index (χ3v) is 4.24. The Labute approximate surface area is 151 Å². The molecule has 0 radical (unpaired) electrons. The zero-order valence-corrected chi connectivity index (χ0v) is 15.6. The molecule has 0 saturated carbocycles. The van der Waals surface area contributed by atoms with Gasteiger partial charge >= 0.3 is 5.69 Å². The van der Waals surface area contributed by atoms with Gasteiger partial charge in [-0.3, -0.25) is 14.3 Å². The van der Waals surface area contributed by atoms with Crippen LogP contribution in [0.15, 0.2) is 33.9 Å². The van der Waals surface area contributed by atoms with Crippen molar-refractivity contribution < 1.29 is 4.74 Å². The van der Waals surface area contributed by atoms with Crippen LogP contribution in [0.3, 0.4) is 0 Å². The molecule has 7 nitrogen and oxygen atoms in total. The number of nitrogens with zero attached hydrogens (tertiary/aromatic N) is 3. The number of aromatic amines is 1. The molecule has 3 rings (SSSR count). The van der Waals surface area contributed by atoms with Crippen molar-refractivity contribution in [1.82, 2.24) is 19.1 Å². The predicted molar refractivity (Wildman–Crippen MR) is 102 cm³/mol. The fourth-order valence-electron chi connectivity index (χ4n) is 3.02. The highest BCUT2D eigenvalue weighted by Crippen LogP contribution is 2.30. The van der Waals surface area contributed by atoms with Crippen molar-refractivity contribution in [2.24, 2.45) is 7.05 Å². The van der Waals surface area contributed by atoms with Crippen LogP contribution in [0.2, 0.25) is 0 Å². The van der Waals surface area contributed by atoms with E-state index in [1.807, 2.05) is 38.1 Å². The van der Waals surface area contributed by atoms with Gasteiger partial charge in [-0.1, -0.05) is 25.5 Å². The van der Waals surface area contributed by atoms with Crippen molar-refractivity contribution in [1.29, 1.82) is 0 Å². The standard InChI is InChI=1S/C19H24N4O3/c1-5-6-11-23-17-15(18(24)21-19(23)25)22(4)16(20-17)13-9-7-8-10-14(13)26-12(2)3/h7-10,12H,5-6,11H2,1-4H3,(H,21,24,25). The number of ether oxygens (including phenoxy) is 1. The molecule has 0 bridgehead atoms. The van der Waals surface area contributed by atoms with Crippen molar-refractivity contribution in [3.8, 4) is 17.1 Å². The van der Waals surface area contributed by atoms with E-state index in [9.17, 15) is 9.59 Å². The molecule has 138 valence electrons. The van der Waals surface area contributed by atoms with E-state index < -0.39 is 11.2 Å². The maximum atomic E-state index is 12.4. The Bertz CT molecular complexity index is 1040. The van der Waals surface area contributed by atoms with Crippen LogP contribution in [-0.2, 0) is 13.6 Å². The summed E-state index contributed by atoms with van der Waals surface area (Å²) in [4.78, 5) is 31.7. The lowest BCUT2D eigenvalue weighted by Gasteiger charge is -2.13. The number of hydrogen-bond donors (Lipinski definition) is 1. The Kier molecular flexibility index (Phi) is 4.97. The highest BCUT2D eigenvalue weighted by Gasteiger charge is 2.19. The summed E-state index contributed by atoms with van der Waals surface area (Å²) in [6.07, 6.45) is 1.79. The minimum absolute atomic E-state index is 0.0111. The first kappa shape index (κ1) is 18.0. The molecule has 0 aliphatic rings. The van der Waals surface area contributed by atoms with E-state index in [1.54, 1.807) is 11.6 Å².